The summed E-state index contributed by atoms with van der Waals surface area (Å²) >= 11 is 0. The van der Waals surface area contributed by atoms with E-state index in [1.165, 1.54) is 31.0 Å². The average molecular weight is 376 g/mol. The molecule has 0 spiro atoms. The SMILES string of the molecule is NS(=O)(=O)c1cc(-c2nccc(Nc3cc(C4CC4)[nH]n3)n2)ccc1O.[HH].[HH]. The Labute approximate surface area is 152 Å². The van der Waals surface area contributed by atoms with Crippen molar-refractivity contribution in [3.63, 3.8) is 0 Å². The fourth-order valence-electron chi connectivity index (χ4n) is 2.58. The van der Waals surface area contributed by atoms with Crippen LogP contribution >= 0.6 is 0 Å². The summed E-state index contributed by atoms with van der Waals surface area (Å²) in [5, 5.41) is 25.1. The van der Waals surface area contributed by atoms with Gasteiger partial charge in [-0.25, -0.2) is 23.5 Å². The number of nitrogens with two attached hydrogens (primary N) is 1. The van der Waals surface area contributed by atoms with E-state index >= 15 is 0 Å². The van der Waals surface area contributed by atoms with Crippen LogP contribution in [0.5, 0.6) is 5.75 Å². The fraction of sp³-hybridized carbons (Fsp3) is 0.188. The molecule has 0 amide bonds. The van der Waals surface area contributed by atoms with E-state index in [0.29, 0.717) is 23.1 Å². The Balaban J connectivity index is 0.00000140. The van der Waals surface area contributed by atoms with Gasteiger partial charge in [-0.05, 0) is 37.1 Å². The number of H-pyrrole nitrogens is 1. The van der Waals surface area contributed by atoms with Gasteiger partial charge in [0.15, 0.2) is 11.6 Å². The van der Waals surface area contributed by atoms with Gasteiger partial charge in [0.1, 0.15) is 16.5 Å². The van der Waals surface area contributed by atoms with E-state index in [1.54, 1.807) is 12.3 Å². The highest BCUT2D eigenvalue weighted by molar-refractivity contribution is 7.89. The minimum Gasteiger partial charge on any atom is -0.507 e. The molecule has 3 aromatic rings. The molecule has 5 N–H and O–H groups in total. The predicted octanol–water partition coefficient (Wildman–Crippen LogP) is 2.33. The number of aromatic hydroxyl groups is 1. The number of primary sulfonamides is 1. The number of rotatable bonds is 5. The van der Waals surface area contributed by atoms with E-state index in [-0.39, 0.29) is 13.6 Å². The van der Waals surface area contributed by atoms with Crippen molar-refractivity contribution in [2.75, 3.05) is 5.32 Å². The van der Waals surface area contributed by atoms with Crippen molar-refractivity contribution in [2.24, 2.45) is 5.14 Å². The van der Waals surface area contributed by atoms with Crippen LogP contribution in [0.25, 0.3) is 11.4 Å². The van der Waals surface area contributed by atoms with Crippen molar-refractivity contribution < 1.29 is 16.4 Å². The second-order valence-corrected chi connectivity index (χ2v) is 7.63. The number of anilines is 2. The zero-order valence-electron chi connectivity index (χ0n) is 13.5. The van der Waals surface area contributed by atoms with Crippen LogP contribution < -0.4 is 10.5 Å². The van der Waals surface area contributed by atoms with Crippen LogP contribution in [0.15, 0.2) is 41.4 Å². The lowest BCUT2D eigenvalue weighted by atomic mass is 10.2. The molecule has 1 aromatic carbocycles. The summed E-state index contributed by atoms with van der Waals surface area (Å²) in [7, 11) is -4.06. The van der Waals surface area contributed by atoms with Crippen molar-refractivity contribution in [3.05, 3.63) is 42.2 Å². The molecule has 0 aliphatic heterocycles. The number of aromatic amines is 1. The third-order valence-electron chi connectivity index (χ3n) is 4.05. The Bertz CT molecular complexity index is 1090. The number of aromatic nitrogens is 4. The molecule has 0 atom stereocenters. The van der Waals surface area contributed by atoms with Gasteiger partial charge >= 0.3 is 0 Å². The van der Waals surface area contributed by atoms with Crippen LogP contribution in [0.4, 0.5) is 11.6 Å². The van der Waals surface area contributed by atoms with E-state index in [0.717, 1.165) is 5.69 Å². The van der Waals surface area contributed by atoms with Gasteiger partial charge in [-0.3, -0.25) is 5.10 Å². The van der Waals surface area contributed by atoms with E-state index in [9.17, 15) is 13.5 Å². The van der Waals surface area contributed by atoms with Crippen molar-refractivity contribution in [2.45, 2.75) is 23.7 Å². The molecule has 1 fully saturated rings. The summed E-state index contributed by atoms with van der Waals surface area (Å²) in [5.74, 6) is 1.58. The molecular weight excluding hydrogens is 356 g/mol. The molecule has 2 heterocycles. The fourth-order valence-corrected chi connectivity index (χ4v) is 3.23. The summed E-state index contributed by atoms with van der Waals surface area (Å²) in [4.78, 5) is 8.14. The third-order valence-corrected chi connectivity index (χ3v) is 4.99. The first-order valence-corrected chi connectivity index (χ1v) is 9.46. The molecular formula is C16H20N6O3S. The minimum absolute atomic E-state index is 0. The first-order chi connectivity index (χ1) is 12.4. The maximum absolute atomic E-state index is 11.6. The van der Waals surface area contributed by atoms with Gasteiger partial charge in [-0.15, -0.1) is 0 Å². The molecule has 1 aliphatic carbocycles. The monoisotopic (exact) mass is 376 g/mol. The van der Waals surface area contributed by atoms with Gasteiger partial charge in [0.25, 0.3) is 0 Å². The van der Waals surface area contributed by atoms with Crippen molar-refractivity contribution in [3.8, 4) is 17.1 Å². The largest absolute Gasteiger partial charge is 0.507 e. The molecule has 2 aromatic heterocycles. The number of benzene rings is 1. The van der Waals surface area contributed by atoms with Crippen molar-refractivity contribution >= 4 is 21.7 Å². The lowest BCUT2D eigenvalue weighted by Crippen LogP contribution is -2.12. The van der Waals surface area contributed by atoms with Crippen LogP contribution in [0.2, 0.25) is 0 Å². The quantitative estimate of drug-likeness (QED) is 0.534. The number of hydrogen-bond donors (Lipinski definition) is 4. The van der Waals surface area contributed by atoms with Gasteiger partial charge in [-0.1, -0.05) is 0 Å². The number of phenolic OH excluding ortho intramolecular Hbond substituents is 1. The van der Waals surface area contributed by atoms with Crippen LogP contribution in [0.3, 0.4) is 0 Å². The molecule has 0 bridgehead atoms. The lowest BCUT2D eigenvalue weighted by Gasteiger charge is -2.07. The van der Waals surface area contributed by atoms with Crippen LogP contribution in [0.1, 0.15) is 27.3 Å². The van der Waals surface area contributed by atoms with E-state index < -0.39 is 15.8 Å². The maximum Gasteiger partial charge on any atom is 0.241 e. The molecule has 138 valence electrons. The third kappa shape index (κ3) is 3.37. The molecule has 0 radical (unpaired) electrons. The van der Waals surface area contributed by atoms with Gasteiger partial charge in [0.2, 0.25) is 10.0 Å². The van der Waals surface area contributed by atoms with E-state index in [1.807, 2.05) is 6.07 Å². The highest BCUT2D eigenvalue weighted by Gasteiger charge is 2.25. The van der Waals surface area contributed by atoms with Crippen molar-refractivity contribution in [1.82, 2.24) is 20.2 Å². The Morgan fingerprint density at radius 2 is 2.04 bits per heavy atom. The molecule has 4 rings (SSSR count). The molecule has 9 nitrogen and oxygen atoms in total. The molecule has 1 saturated carbocycles. The zero-order valence-corrected chi connectivity index (χ0v) is 14.4. The normalized spacial score (nSPS) is 14.3. The van der Waals surface area contributed by atoms with Gasteiger partial charge < -0.3 is 10.4 Å². The summed E-state index contributed by atoms with van der Waals surface area (Å²) in [5.41, 5.74) is 1.51. The maximum atomic E-state index is 11.6. The average Bonchev–Trinajstić information content (AvgIpc) is 3.34. The lowest BCUT2D eigenvalue weighted by molar-refractivity contribution is 0.459. The Morgan fingerprint density at radius 3 is 2.77 bits per heavy atom. The molecule has 1 aliphatic rings. The van der Waals surface area contributed by atoms with Crippen molar-refractivity contribution in [1.29, 1.82) is 0 Å². The molecule has 10 heteroatoms. The Kier molecular flexibility index (Phi) is 3.85. The zero-order chi connectivity index (χ0) is 18.3. The minimum atomic E-state index is -4.06. The molecule has 0 saturated heterocycles. The smallest absolute Gasteiger partial charge is 0.241 e. The summed E-state index contributed by atoms with van der Waals surface area (Å²) in [6.07, 6.45) is 3.89. The first-order valence-electron chi connectivity index (χ1n) is 7.92. The molecule has 26 heavy (non-hydrogen) atoms. The standard InChI is InChI=1S/C16H16N6O3S.2H2/c17-26(24,25)13-7-10(3-4-12(13)23)16-18-6-5-14(20-16)19-15-8-11(21-22-15)9-1-2-9;;/h3-9,23H,1-2H2,(H2,17,24,25)(H2,18,19,20,21,22);2*1H. The number of nitrogens with one attached hydrogen (secondary N) is 2. The number of sulfonamides is 1. The summed E-state index contributed by atoms with van der Waals surface area (Å²) in [6.45, 7) is 0. The van der Waals surface area contributed by atoms with Gasteiger partial charge in [0.05, 0.1) is 0 Å². The second kappa shape index (κ2) is 6.07. The first kappa shape index (κ1) is 16.5. The number of nitrogens with zero attached hydrogens (tertiary/aromatic N) is 3. The topological polar surface area (TPSA) is 147 Å². The van der Waals surface area contributed by atoms with E-state index in [4.69, 9.17) is 5.14 Å². The number of hydrogen-bond acceptors (Lipinski definition) is 7. The van der Waals surface area contributed by atoms with Gasteiger partial charge in [0, 0.05) is 32.3 Å². The van der Waals surface area contributed by atoms with E-state index in [2.05, 4.69) is 25.5 Å². The Morgan fingerprint density at radius 1 is 1.23 bits per heavy atom. The van der Waals surface area contributed by atoms with Crippen LogP contribution in [-0.4, -0.2) is 33.7 Å². The predicted molar refractivity (Wildman–Crippen MR) is 98.6 cm³/mol. The summed E-state index contributed by atoms with van der Waals surface area (Å²) in [6, 6.07) is 7.62. The summed E-state index contributed by atoms with van der Waals surface area (Å²) < 4.78 is 23.1. The van der Waals surface area contributed by atoms with Gasteiger partial charge in [-0.2, -0.15) is 5.10 Å². The highest BCUT2D eigenvalue weighted by Crippen LogP contribution is 2.39. The van der Waals surface area contributed by atoms with Crippen LogP contribution in [0, 0.1) is 0 Å². The Hall–Kier alpha value is -2.98. The molecule has 0 unspecified atom stereocenters. The highest BCUT2D eigenvalue weighted by atomic mass is 32.2. The second-order valence-electron chi connectivity index (χ2n) is 6.10. The number of phenols is 1. The van der Waals surface area contributed by atoms with Crippen LogP contribution in [-0.2, 0) is 10.0 Å².